The second-order valence-corrected chi connectivity index (χ2v) is 7.17. The fraction of sp³-hybridized carbons (Fsp3) is 0.471. The van der Waals surface area contributed by atoms with Crippen molar-refractivity contribution in [2.75, 3.05) is 20.2 Å². The zero-order valence-corrected chi connectivity index (χ0v) is 14.6. The monoisotopic (exact) mass is 343 g/mol. The zero-order chi connectivity index (χ0) is 16.4. The molecule has 24 heavy (non-hydrogen) atoms. The summed E-state index contributed by atoms with van der Waals surface area (Å²) < 4.78 is 7.27. The van der Waals surface area contributed by atoms with Gasteiger partial charge in [0, 0.05) is 37.7 Å². The minimum Gasteiger partial charge on any atom is -0.378 e. The molecule has 7 heteroatoms. The van der Waals surface area contributed by atoms with E-state index in [1.807, 2.05) is 18.2 Å². The molecule has 0 aliphatic carbocycles. The number of hydrogen-bond acceptors (Lipinski definition) is 6. The summed E-state index contributed by atoms with van der Waals surface area (Å²) in [6.45, 7) is 3.61. The number of ether oxygens (including phenoxy) is 1. The van der Waals surface area contributed by atoms with Crippen molar-refractivity contribution in [1.82, 2.24) is 24.5 Å². The third kappa shape index (κ3) is 3.19. The Labute approximate surface area is 145 Å². The number of rotatable bonds is 5. The van der Waals surface area contributed by atoms with E-state index in [1.54, 1.807) is 18.4 Å². The predicted octanol–water partition coefficient (Wildman–Crippen LogP) is 2.71. The highest BCUT2D eigenvalue weighted by atomic mass is 32.1. The van der Waals surface area contributed by atoms with Crippen LogP contribution in [-0.2, 0) is 17.9 Å². The molecule has 0 bridgehead atoms. The first-order valence-corrected chi connectivity index (χ1v) is 9.15. The second-order valence-electron chi connectivity index (χ2n) is 6.23. The van der Waals surface area contributed by atoms with Crippen LogP contribution in [0.4, 0.5) is 0 Å². The van der Waals surface area contributed by atoms with Gasteiger partial charge in [0.25, 0.3) is 0 Å². The molecule has 0 N–H and O–H groups in total. The van der Waals surface area contributed by atoms with Crippen molar-refractivity contribution in [1.29, 1.82) is 0 Å². The van der Waals surface area contributed by atoms with Crippen LogP contribution in [0.3, 0.4) is 0 Å². The van der Waals surface area contributed by atoms with Crippen LogP contribution >= 0.6 is 11.3 Å². The van der Waals surface area contributed by atoms with Crippen molar-refractivity contribution >= 4 is 17.0 Å². The van der Waals surface area contributed by atoms with Gasteiger partial charge in [-0.25, -0.2) is 4.98 Å². The molecule has 0 radical (unpaired) electrons. The lowest BCUT2D eigenvalue weighted by Gasteiger charge is -2.31. The summed E-state index contributed by atoms with van der Waals surface area (Å²) in [6.07, 6.45) is 4.40. The molecule has 4 rings (SSSR count). The van der Waals surface area contributed by atoms with E-state index in [9.17, 15) is 0 Å². The van der Waals surface area contributed by atoms with E-state index < -0.39 is 0 Å². The number of methoxy groups -OCH3 is 1. The number of thiazole rings is 1. The van der Waals surface area contributed by atoms with E-state index in [-0.39, 0.29) is 0 Å². The van der Waals surface area contributed by atoms with Crippen LogP contribution in [0.15, 0.2) is 29.8 Å². The van der Waals surface area contributed by atoms with Crippen LogP contribution in [-0.4, -0.2) is 44.7 Å². The minimum atomic E-state index is 0.424. The highest BCUT2D eigenvalue weighted by Gasteiger charge is 2.25. The van der Waals surface area contributed by atoms with Gasteiger partial charge in [0.05, 0.1) is 12.3 Å². The third-order valence-corrected chi connectivity index (χ3v) is 5.33. The molecule has 1 aliphatic rings. The number of likely N-dealkylation sites (tertiary alicyclic amines) is 1. The fourth-order valence-corrected chi connectivity index (χ4v) is 4.14. The van der Waals surface area contributed by atoms with Gasteiger partial charge >= 0.3 is 0 Å². The van der Waals surface area contributed by atoms with Crippen LogP contribution in [0.25, 0.3) is 5.65 Å². The first kappa shape index (κ1) is 15.7. The predicted molar refractivity (Wildman–Crippen MR) is 93.1 cm³/mol. The van der Waals surface area contributed by atoms with E-state index in [4.69, 9.17) is 4.74 Å². The number of aromatic nitrogens is 4. The largest absolute Gasteiger partial charge is 0.378 e. The Kier molecular flexibility index (Phi) is 4.55. The standard InChI is InChI=1S/C17H21N5OS/c1-23-11-16-18-14(12-24-16)10-21-7-4-5-13(9-21)17-20-19-15-6-2-3-8-22(15)17/h2-3,6,8,12-13H,4-5,7,9-11H2,1H3/t13-/m0/s1. The van der Waals surface area contributed by atoms with E-state index in [0.29, 0.717) is 12.5 Å². The Morgan fingerprint density at radius 2 is 2.29 bits per heavy atom. The lowest BCUT2D eigenvalue weighted by atomic mass is 9.97. The maximum atomic E-state index is 5.15. The molecule has 0 aromatic carbocycles. The number of pyridine rings is 1. The van der Waals surface area contributed by atoms with E-state index >= 15 is 0 Å². The number of hydrogen-bond donors (Lipinski definition) is 0. The molecular weight excluding hydrogens is 322 g/mol. The van der Waals surface area contributed by atoms with E-state index in [2.05, 4.69) is 36.1 Å². The molecule has 0 saturated carbocycles. The Bertz CT molecular complexity index is 814. The van der Waals surface area contributed by atoms with Gasteiger partial charge < -0.3 is 4.74 Å². The number of fused-ring (bicyclic) bond motifs is 1. The van der Waals surface area contributed by atoms with Gasteiger partial charge in [-0.1, -0.05) is 6.07 Å². The van der Waals surface area contributed by atoms with Gasteiger partial charge in [-0.05, 0) is 31.5 Å². The van der Waals surface area contributed by atoms with Gasteiger partial charge in [0.1, 0.15) is 10.8 Å². The summed E-state index contributed by atoms with van der Waals surface area (Å²) in [4.78, 5) is 7.13. The molecule has 1 atom stereocenters. The lowest BCUT2D eigenvalue weighted by Crippen LogP contribution is -2.34. The average Bonchev–Trinajstić information content (AvgIpc) is 3.22. The maximum Gasteiger partial charge on any atom is 0.160 e. The molecule has 126 valence electrons. The number of piperidine rings is 1. The number of nitrogens with zero attached hydrogens (tertiary/aromatic N) is 5. The summed E-state index contributed by atoms with van der Waals surface area (Å²) in [6, 6.07) is 6.04. The van der Waals surface area contributed by atoms with E-state index in [1.165, 1.54) is 6.42 Å². The molecule has 6 nitrogen and oxygen atoms in total. The van der Waals surface area contributed by atoms with Crippen molar-refractivity contribution in [2.45, 2.75) is 31.9 Å². The first-order chi connectivity index (χ1) is 11.8. The molecule has 4 heterocycles. The van der Waals surface area contributed by atoms with Gasteiger partial charge in [0.15, 0.2) is 5.65 Å². The minimum absolute atomic E-state index is 0.424. The Morgan fingerprint density at radius 3 is 3.21 bits per heavy atom. The second kappa shape index (κ2) is 6.96. The van der Waals surface area contributed by atoms with Crippen LogP contribution in [0.1, 0.15) is 35.3 Å². The van der Waals surface area contributed by atoms with Crippen molar-refractivity contribution < 1.29 is 4.74 Å². The van der Waals surface area contributed by atoms with Gasteiger partial charge in [-0.2, -0.15) is 0 Å². The van der Waals surface area contributed by atoms with Crippen LogP contribution in [0, 0.1) is 0 Å². The average molecular weight is 343 g/mol. The summed E-state index contributed by atoms with van der Waals surface area (Å²) in [5.74, 6) is 1.50. The normalized spacial score (nSPS) is 19.1. The first-order valence-electron chi connectivity index (χ1n) is 8.27. The van der Waals surface area contributed by atoms with Crippen LogP contribution < -0.4 is 0 Å². The molecule has 0 unspecified atom stereocenters. The maximum absolute atomic E-state index is 5.15. The molecule has 0 amide bonds. The molecule has 3 aromatic heterocycles. The van der Waals surface area contributed by atoms with E-state index in [0.717, 1.165) is 48.2 Å². The Morgan fingerprint density at radius 1 is 1.33 bits per heavy atom. The van der Waals surface area contributed by atoms with Gasteiger partial charge in [-0.3, -0.25) is 9.30 Å². The molecule has 0 spiro atoms. The highest BCUT2D eigenvalue weighted by molar-refractivity contribution is 7.09. The smallest absolute Gasteiger partial charge is 0.160 e. The molecule has 3 aromatic rings. The van der Waals surface area contributed by atoms with Crippen molar-refractivity contribution in [3.8, 4) is 0 Å². The topological polar surface area (TPSA) is 55.5 Å². The third-order valence-electron chi connectivity index (χ3n) is 4.46. The summed E-state index contributed by atoms with van der Waals surface area (Å²) >= 11 is 1.67. The van der Waals surface area contributed by atoms with Crippen molar-refractivity contribution in [3.63, 3.8) is 0 Å². The summed E-state index contributed by atoms with van der Waals surface area (Å²) in [5.41, 5.74) is 2.06. The highest BCUT2D eigenvalue weighted by Crippen LogP contribution is 2.27. The summed E-state index contributed by atoms with van der Waals surface area (Å²) in [5, 5.41) is 11.9. The van der Waals surface area contributed by atoms with Crippen LogP contribution in [0.2, 0.25) is 0 Å². The van der Waals surface area contributed by atoms with Crippen molar-refractivity contribution in [3.05, 3.63) is 46.3 Å². The van der Waals surface area contributed by atoms with Gasteiger partial charge in [-0.15, -0.1) is 21.5 Å². The lowest BCUT2D eigenvalue weighted by molar-refractivity contribution is 0.182. The van der Waals surface area contributed by atoms with Crippen LogP contribution in [0.5, 0.6) is 0 Å². The Balaban J connectivity index is 1.47. The Hall–Kier alpha value is -1.83. The SMILES string of the molecule is COCc1nc(CN2CCC[C@H](c3nnc4ccccn34)C2)cs1. The molecular formula is C17H21N5OS. The molecule has 1 saturated heterocycles. The van der Waals surface area contributed by atoms with Crippen molar-refractivity contribution in [2.24, 2.45) is 0 Å². The quantitative estimate of drug-likeness (QED) is 0.713. The van der Waals surface area contributed by atoms with Gasteiger partial charge in [0.2, 0.25) is 0 Å². The molecule has 1 fully saturated rings. The molecule has 1 aliphatic heterocycles. The zero-order valence-electron chi connectivity index (χ0n) is 13.8. The summed E-state index contributed by atoms with van der Waals surface area (Å²) in [7, 11) is 1.71. The fourth-order valence-electron chi connectivity index (χ4n) is 3.39.